The molecule has 1 aromatic rings. The van der Waals surface area contributed by atoms with Gasteiger partial charge in [-0.05, 0) is 62.4 Å². The lowest BCUT2D eigenvalue weighted by atomic mass is 9.93. The third-order valence-corrected chi connectivity index (χ3v) is 6.92. The number of carbonyl (C=O) groups is 1. The Morgan fingerprint density at radius 3 is 2.76 bits per heavy atom. The molecule has 6 nitrogen and oxygen atoms in total. The molecule has 2 saturated heterocycles. The van der Waals surface area contributed by atoms with E-state index in [9.17, 15) is 4.79 Å². The van der Waals surface area contributed by atoms with Gasteiger partial charge in [0, 0.05) is 57.6 Å². The van der Waals surface area contributed by atoms with E-state index < -0.39 is 0 Å². The number of aliphatic imine (C=N–C) groups is 1. The maximum atomic E-state index is 11.6. The number of likely N-dealkylation sites (tertiary alicyclic amines) is 2. The summed E-state index contributed by atoms with van der Waals surface area (Å²) >= 11 is 1.86. The summed E-state index contributed by atoms with van der Waals surface area (Å²) in [5, 5.41) is 8.41. The van der Waals surface area contributed by atoms with Gasteiger partial charge in [-0.25, -0.2) is 0 Å². The lowest BCUT2D eigenvalue weighted by Crippen LogP contribution is -2.46. The van der Waals surface area contributed by atoms with E-state index >= 15 is 0 Å². The zero-order valence-corrected chi connectivity index (χ0v) is 18.8. The van der Waals surface area contributed by atoms with Gasteiger partial charge in [0.25, 0.3) is 0 Å². The maximum absolute atomic E-state index is 11.6. The Kier molecular flexibility index (Phi) is 8.80. The molecule has 2 aliphatic heterocycles. The molecule has 0 spiro atoms. The van der Waals surface area contributed by atoms with E-state index in [4.69, 9.17) is 4.99 Å². The minimum Gasteiger partial charge on any atom is -0.359 e. The molecule has 0 aromatic carbocycles. The fourth-order valence-corrected chi connectivity index (χ4v) is 5.17. The van der Waals surface area contributed by atoms with Gasteiger partial charge >= 0.3 is 0 Å². The van der Waals surface area contributed by atoms with Gasteiger partial charge in [0.05, 0.1) is 0 Å². The molecule has 3 rings (SSSR count). The number of nitrogens with one attached hydrogen (secondary N) is 2. The average Bonchev–Trinajstić information content (AvgIpc) is 3.25. The first-order valence-corrected chi connectivity index (χ1v) is 12.0. The van der Waals surface area contributed by atoms with Crippen LogP contribution in [0, 0.1) is 11.8 Å². The lowest BCUT2D eigenvalue weighted by molar-refractivity contribution is -0.121. The van der Waals surface area contributed by atoms with Gasteiger partial charge < -0.3 is 15.5 Å². The number of rotatable bonds is 7. The SMILES string of the molecule is CCNC(=NCC1CCCN(Cc2cccs2)C1)N1CCC(CC(=O)NC)CC1. The summed E-state index contributed by atoms with van der Waals surface area (Å²) in [6.45, 7) is 9.35. The fourth-order valence-electron chi connectivity index (χ4n) is 4.42. The average molecular weight is 420 g/mol. The van der Waals surface area contributed by atoms with Crippen LogP contribution in [0.1, 0.15) is 43.9 Å². The van der Waals surface area contributed by atoms with Crippen LogP contribution in [0.5, 0.6) is 0 Å². The van der Waals surface area contributed by atoms with Gasteiger partial charge in [0.2, 0.25) is 5.91 Å². The Morgan fingerprint density at radius 2 is 2.07 bits per heavy atom. The molecule has 29 heavy (non-hydrogen) atoms. The van der Waals surface area contributed by atoms with Gasteiger partial charge in [-0.2, -0.15) is 0 Å². The number of piperidine rings is 2. The van der Waals surface area contributed by atoms with Crippen LogP contribution >= 0.6 is 11.3 Å². The molecule has 0 bridgehead atoms. The van der Waals surface area contributed by atoms with Gasteiger partial charge in [-0.15, -0.1) is 11.3 Å². The molecular weight excluding hydrogens is 382 g/mol. The minimum atomic E-state index is 0.161. The smallest absolute Gasteiger partial charge is 0.220 e. The van der Waals surface area contributed by atoms with Crippen molar-refractivity contribution in [1.82, 2.24) is 20.4 Å². The zero-order chi connectivity index (χ0) is 20.5. The highest BCUT2D eigenvalue weighted by Crippen LogP contribution is 2.22. The van der Waals surface area contributed by atoms with Crippen molar-refractivity contribution in [2.24, 2.45) is 16.8 Å². The van der Waals surface area contributed by atoms with Crippen LogP contribution in [0.15, 0.2) is 22.5 Å². The molecule has 0 saturated carbocycles. The van der Waals surface area contributed by atoms with Crippen molar-refractivity contribution in [1.29, 1.82) is 0 Å². The molecule has 3 heterocycles. The molecule has 2 N–H and O–H groups in total. The van der Waals surface area contributed by atoms with Crippen LogP contribution < -0.4 is 10.6 Å². The summed E-state index contributed by atoms with van der Waals surface area (Å²) in [5.74, 6) is 2.36. The number of hydrogen-bond donors (Lipinski definition) is 2. The number of thiophene rings is 1. The molecule has 162 valence electrons. The van der Waals surface area contributed by atoms with Gasteiger partial charge in [0.15, 0.2) is 5.96 Å². The van der Waals surface area contributed by atoms with Crippen LogP contribution in [0.4, 0.5) is 0 Å². The number of hydrogen-bond acceptors (Lipinski definition) is 4. The van der Waals surface area contributed by atoms with Crippen molar-refractivity contribution in [3.8, 4) is 0 Å². The fraction of sp³-hybridized carbons (Fsp3) is 0.727. The van der Waals surface area contributed by atoms with E-state index in [2.05, 4.69) is 44.9 Å². The van der Waals surface area contributed by atoms with Crippen molar-refractivity contribution in [3.63, 3.8) is 0 Å². The third-order valence-electron chi connectivity index (χ3n) is 6.06. The summed E-state index contributed by atoms with van der Waals surface area (Å²) in [5.41, 5.74) is 0. The largest absolute Gasteiger partial charge is 0.359 e. The second kappa shape index (κ2) is 11.6. The molecule has 0 radical (unpaired) electrons. The molecule has 1 amide bonds. The first-order valence-electron chi connectivity index (χ1n) is 11.2. The first kappa shape index (κ1) is 22.1. The van der Waals surface area contributed by atoms with Gasteiger partial charge in [-0.1, -0.05) is 6.07 Å². The van der Waals surface area contributed by atoms with Crippen LogP contribution in [0.2, 0.25) is 0 Å². The van der Waals surface area contributed by atoms with Gasteiger partial charge in [-0.3, -0.25) is 14.7 Å². The molecule has 0 aliphatic carbocycles. The molecule has 1 unspecified atom stereocenters. The standard InChI is InChI=1S/C22H37N5OS/c1-3-24-22(27-11-8-18(9-12-27)14-21(28)23-2)25-15-19-6-4-10-26(16-19)17-20-7-5-13-29-20/h5,7,13,18-19H,3-4,6,8-12,14-17H2,1-2H3,(H,23,28)(H,24,25). The quantitative estimate of drug-likeness (QED) is 0.527. The van der Waals surface area contributed by atoms with E-state index in [0.717, 1.165) is 58.1 Å². The monoisotopic (exact) mass is 419 g/mol. The van der Waals surface area contributed by atoms with E-state index in [0.29, 0.717) is 18.3 Å². The summed E-state index contributed by atoms with van der Waals surface area (Å²) < 4.78 is 0. The highest BCUT2D eigenvalue weighted by Gasteiger charge is 2.24. The topological polar surface area (TPSA) is 60.0 Å². The van der Waals surface area contributed by atoms with Crippen molar-refractivity contribution < 1.29 is 4.79 Å². The Hall–Kier alpha value is -1.60. The van der Waals surface area contributed by atoms with E-state index in [1.54, 1.807) is 7.05 Å². The highest BCUT2D eigenvalue weighted by atomic mass is 32.1. The number of carbonyl (C=O) groups excluding carboxylic acids is 1. The van der Waals surface area contributed by atoms with Gasteiger partial charge in [0.1, 0.15) is 0 Å². The predicted octanol–water partition coefficient (Wildman–Crippen LogP) is 2.77. The van der Waals surface area contributed by atoms with E-state index in [1.165, 1.54) is 24.3 Å². The third kappa shape index (κ3) is 7.00. The lowest BCUT2D eigenvalue weighted by Gasteiger charge is -2.35. The second-order valence-electron chi connectivity index (χ2n) is 8.33. The summed E-state index contributed by atoms with van der Waals surface area (Å²) in [7, 11) is 1.72. The maximum Gasteiger partial charge on any atom is 0.220 e. The molecule has 1 aromatic heterocycles. The zero-order valence-electron chi connectivity index (χ0n) is 18.0. The van der Waals surface area contributed by atoms with E-state index in [1.807, 2.05) is 11.3 Å². The number of amides is 1. The second-order valence-corrected chi connectivity index (χ2v) is 9.36. The Bertz CT molecular complexity index is 640. The van der Waals surface area contributed by atoms with Crippen molar-refractivity contribution in [2.75, 3.05) is 46.3 Å². The van der Waals surface area contributed by atoms with E-state index in [-0.39, 0.29) is 5.91 Å². The van der Waals surface area contributed by atoms with Crippen LogP contribution in [0.3, 0.4) is 0 Å². The predicted molar refractivity (Wildman–Crippen MR) is 121 cm³/mol. The number of nitrogens with zero attached hydrogens (tertiary/aromatic N) is 3. The molecular formula is C22H37N5OS. The highest BCUT2D eigenvalue weighted by molar-refractivity contribution is 7.09. The minimum absolute atomic E-state index is 0.161. The Balaban J connectivity index is 1.49. The van der Waals surface area contributed by atoms with Crippen molar-refractivity contribution >= 4 is 23.2 Å². The molecule has 1 atom stereocenters. The van der Waals surface area contributed by atoms with Crippen molar-refractivity contribution in [2.45, 2.75) is 45.6 Å². The van der Waals surface area contributed by atoms with Crippen LogP contribution in [-0.2, 0) is 11.3 Å². The normalized spacial score (nSPS) is 21.9. The first-order chi connectivity index (χ1) is 14.2. The molecule has 7 heteroatoms. The number of guanidine groups is 1. The van der Waals surface area contributed by atoms with Crippen molar-refractivity contribution in [3.05, 3.63) is 22.4 Å². The summed E-state index contributed by atoms with van der Waals surface area (Å²) in [6, 6.07) is 4.38. The summed E-state index contributed by atoms with van der Waals surface area (Å²) in [6.07, 6.45) is 5.33. The summed E-state index contributed by atoms with van der Waals surface area (Å²) in [4.78, 5) is 23.1. The van der Waals surface area contributed by atoms with Crippen LogP contribution in [0.25, 0.3) is 0 Å². The molecule has 2 aliphatic rings. The van der Waals surface area contributed by atoms with Crippen LogP contribution in [-0.4, -0.2) is 68.0 Å². The Morgan fingerprint density at radius 1 is 1.24 bits per heavy atom. The molecule has 2 fully saturated rings. The Labute approximate surface area is 179 Å².